The Labute approximate surface area is 343 Å². The van der Waals surface area contributed by atoms with Gasteiger partial charge < -0.3 is 24.4 Å². The number of amides is 1. The fourth-order valence-electron chi connectivity index (χ4n) is 6.07. The van der Waals surface area contributed by atoms with E-state index in [-0.39, 0.29) is 57.5 Å². The summed E-state index contributed by atoms with van der Waals surface area (Å²) in [6.07, 6.45) is 5.88. The van der Waals surface area contributed by atoms with Crippen molar-refractivity contribution in [1.29, 1.82) is 0 Å². The number of benzene rings is 5. The first-order valence-corrected chi connectivity index (χ1v) is 19.7. The summed E-state index contributed by atoms with van der Waals surface area (Å²) in [7, 11) is -10.5. The van der Waals surface area contributed by atoms with Gasteiger partial charge in [0.2, 0.25) is 0 Å². The van der Waals surface area contributed by atoms with Crippen LogP contribution in [-0.4, -0.2) is 43.6 Å². The van der Waals surface area contributed by atoms with Gasteiger partial charge in [-0.2, -0.15) is 8.42 Å². The first-order valence-electron chi connectivity index (χ1n) is 16.1. The molecule has 13 nitrogen and oxygen atoms in total. The van der Waals surface area contributed by atoms with Gasteiger partial charge >= 0.3 is 29.6 Å². The number of halogens is 2. The van der Waals surface area contributed by atoms with Crippen molar-refractivity contribution in [2.75, 3.05) is 11.9 Å². The smallest absolute Gasteiger partial charge is 0.744 e. The number of phenols is 1. The molecule has 1 fully saturated rings. The third-order valence-corrected chi connectivity index (χ3v) is 10.8. The van der Waals surface area contributed by atoms with Crippen molar-refractivity contribution in [2.24, 2.45) is 10.2 Å². The number of fused-ring (bicyclic) bond motifs is 1. The Balaban J connectivity index is 0.00000561. The van der Waals surface area contributed by atoms with E-state index in [1.165, 1.54) is 49.1 Å². The molecular formula is C36H30Cl2N3NaO10S2. The summed E-state index contributed by atoms with van der Waals surface area (Å²) in [5.74, 6) is -0.559. The van der Waals surface area contributed by atoms with Crippen molar-refractivity contribution >= 4 is 77.2 Å². The molecule has 3 N–H and O–H groups in total. The SMILES string of the molecule is O=C(COc1ccc(Cl)cc1Cl)Nc1ccc(S(=O)(=O)O)c2cc(S(=O)(=O)[O-])c(N=Nc3ccccc3Oc3ccc(C4CCCCC4)cc3)c(O)c12.[Na+]. The van der Waals surface area contributed by atoms with Crippen LogP contribution in [0.2, 0.25) is 10.0 Å². The van der Waals surface area contributed by atoms with Crippen LogP contribution in [0.5, 0.6) is 23.0 Å². The summed E-state index contributed by atoms with van der Waals surface area (Å²) in [5, 5.41) is 21.3. The van der Waals surface area contributed by atoms with Gasteiger partial charge in [0, 0.05) is 10.4 Å². The monoisotopic (exact) mass is 821 g/mol. The number of carbonyl (C=O) groups excluding carboxylic acids is 1. The van der Waals surface area contributed by atoms with E-state index in [4.69, 9.17) is 32.7 Å². The summed E-state index contributed by atoms with van der Waals surface area (Å²) >= 11 is 12.0. The molecule has 5 aromatic rings. The molecule has 1 saturated carbocycles. The van der Waals surface area contributed by atoms with Crippen molar-refractivity contribution in [3.63, 3.8) is 0 Å². The molecule has 1 amide bonds. The molecule has 0 unspecified atom stereocenters. The maximum Gasteiger partial charge on any atom is 1.00 e. The average Bonchev–Trinajstić information content (AvgIpc) is 3.11. The number of azo groups is 1. The Morgan fingerprint density at radius 1 is 0.870 bits per heavy atom. The van der Waals surface area contributed by atoms with Crippen LogP contribution >= 0.6 is 23.2 Å². The Morgan fingerprint density at radius 2 is 1.57 bits per heavy atom. The summed E-state index contributed by atoms with van der Waals surface area (Å²) in [6, 6.07) is 20.8. The molecule has 54 heavy (non-hydrogen) atoms. The molecule has 0 bridgehead atoms. The Hall–Kier alpha value is -3.77. The number of nitrogens with zero attached hydrogens (tertiary/aromatic N) is 2. The number of rotatable bonds is 11. The standard InChI is InChI=1S/C36H31Cl2N3O10S2.Na/c37-23-12-16-29(26(38)18-23)50-20-33(42)39-28-15-17-31(52(44,45)46)25-19-32(53(47,48)49)35(36(43)34(25)28)41-40-27-8-4-5-9-30(27)51-24-13-10-22(11-14-24)21-6-2-1-3-7-21;/h4-5,8-19,21,43H,1-3,6-7,20H2,(H,39,42)(H,44,45,46)(H,47,48,49);/q;+1/p-1. The maximum absolute atomic E-state index is 13.0. The van der Waals surface area contributed by atoms with E-state index < -0.39 is 64.8 Å². The fourth-order valence-corrected chi connectivity index (χ4v) is 7.85. The van der Waals surface area contributed by atoms with Gasteiger partial charge in [0.15, 0.2) is 18.1 Å². The molecule has 0 spiro atoms. The summed E-state index contributed by atoms with van der Waals surface area (Å²) in [6.45, 7) is -0.622. The van der Waals surface area contributed by atoms with Gasteiger partial charge in [0.1, 0.15) is 37.9 Å². The Morgan fingerprint density at radius 3 is 2.24 bits per heavy atom. The third-order valence-electron chi connectivity index (χ3n) is 8.56. The van der Waals surface area contributed by atoms with Crippen LogP contribution in [0, 0.1) is 0 Å². The fraction of sp³-hybridized carbons (Fsp3) is 0.194. The number of anilines is 1. The molecular weight excluding hydrogens is 792 g/mol. The normalized spacial score (nSPS) is 13.8. The predicted octanol–water partition coefficient (Wildman–Crippen LogP) is 6.28. The maximum atomic E-state index is 13.0. The topological polar surface area (TPSA) is 204 Å². The molecule has 1 aliphatic carbocycles. The zero-order valence-electron chi connectivity index (χ0n) is 28.5. The zero-order chi connectivity index (χ0) is 37.9. The van der Waals surface area contributed by atoms with Gasteiger partial charge in [0.05, 0.1) is 21.0 Å². The summed E-state index contributed by atoms with van der Waals surface area (Å²) in [4.78, 5) is 10.9. The molecule has 1 aliphatic rings. The van der Waals surface area contributed by atoms with E-state index in [0.29, 0.717) is 22.8 Å². The van der Waals surface area contributed by atoms with E-state index in [9.17, 15) is 35.8 Å². The number of nitrogens with one attached hydrogen (secondary N) is 1. The molecule has 0 saturated heterocycles. The number of carbonyl (C=O) groups is 1. The number of ether oxygens (including phenoxy) is 2. The van der Waals surface area contributed by atoms with Gasteiger partial charge in [-0.1, -0.05) is 66.7 Å². The number of hydrogen-bond acceptors (Lipinski definition) is 11. The van der Waals surface area contributed by atoms with Gasteiger partial charge in [0.25, 0.3) is 16.0 Å². The molecule has 5 aromatic carbocycles. The van der Waals surface area contributed by atoms with E-state index in [2.05, 4.69) is 15.5 Å². The van der Waals surface area contributed by atoms with Gasteiger partial charge in [-0.15, -0.1) is 10.2 Å². The molecule has 18 heteroatoms. The van der Waals surface area contributed by atoms with Crippen LogP contribution in [0.15, 0.2) is 105 Å². The molecule has 0 aromatic heterocycles. The number of hydrogen-bond donors (Lipinski definition) is 3. The van der Waals surface area contributed by atoms with E-state index in [1.54, 1.807) is 18.2 Å². The van der Waals surface area contributed by atoms with Crippen molar-refractivity contribution < 1.29 is 74.9 Å². The minimum atomic E-state index is -5.47. The minimum Gasteiger partial charge on any atom is -0.744 e. The molecule has 0 aliphatic heterocycles. The second-order valence-electron chi connectivity index (χ2n) is 12.1. The van der Waals surface area contributed by atoms with Crippen molar-refractivity contribution in [3.05, 3.63) is 101 Å². The van der Waals surface area contributed by atoms with Gasteiger partial charge in [-0.05, 0) is 85.0 Å². The van der Waals surface area contributed by atoms with Crippen LogP contribution in [0.4, 0.5) is 17.1 Å². The number of phenolic OH excluding ortho intramolecular Hbond substituents is 1. The zero-order valence-corrected chi connectivity index (χ0v) is 33.7. The van der Waals surface area contributed by atoms with Gasteiger partial charge in [-0.25, -0.2) is 8.42 Å². The van der Waals surface area contributed by atoms with E-state index >= 15 is 0 Å². The minimum absolute atomic E-state index is 0. The van der Waals surface area contributed by atoms with E-state index in [0.717, 1.165) is 25.0 Å². The quantitative estimate of drug-likeness (QED) is 0.0773. The predicted molar refractivity (Wildman–Crippen MR) is 197 cm³/mol. The number of para-hydroxylation sites is 1. The molecule has 0 atom stereocenters. The van der Waals surface area contributed by atoms with Crippen molar-refractivity contribution in [2.45, 2.75) is 47.8 Å². The van der Waals surface area contributed by atoms with E-state index in [1.807, 2.05) is 24.3 Å². The Kier molecular flexibility index (Phi) is 13.3. The first kappa shape index (κ1) is 41.4. The third kappa shape index (κ3) is 9.72. The molecule has 6 rings (SSSR count). The van der Waals surface area contributed by atoms with Crippen LogP contribution in [0.1, 0.15) is 43.6 Å². The second kappa shape index (κ2) is 17.4. The van der Waals surface area contributed by atoms with Crippen molar-refractivity contribution in [1.82, 2.24) is 0 Å². The Bertz CT molecular complexity index is 2460. The summed E-state index contributed by atoms with van der Waals surface area (Å²) in [5.41, 5.74) is 0.170. The molecule has 0 heterocycles. The van der Waals surface area contributed by atoms with Crippen LogP contribution in [-0.2, 0) is 25.0 Å². The number of aromatic hydroxyl groups is 1. The van der Waals surface area contributed by atoms with Gasteiger partial charge in [-0.3, -0.25) is 9.35 Å². The van der Waals surface area contributed by atoms with Crippen LogP contribution in [0.3, 0.4) is 0 Å². The second-order valence-corrected chi connectivity index (χ2v) is 15.7. The molecule has 276 valence electrons. The average molecular weight is 823 g/mol. The molecule has 0 radical (unpaired) electrons. The summed E-state index contributed by atoms with van der Waals surface area (Å²) < 4.78 is 83.5. The van der Waals surface area contributed by atoms with Crippen molar-refractivity contribution in [3.8, 4) is 23.0 Å². The van der Waals surface area contributed by atoms with Crippen LogP contribution < -0.4 is 44.3 Å². The first-order chi connectivity index (χ1) is 25.2. The van der Waals surface area contributed by atoms with Crippen LogP contribution in [0.25, 0.3) is 10.8 Å². The largest absolute Gasteiger partial charge is 1.00 e.